The van der Waals surface area contributed by atoms with E-state index in [2.05, 4.69) is 14.6 Å². The molecule has 0 saturated carbocycles. The van der Waals surface area contributed by atoms with Crippen molar-refractivity contribution in [2.75, 3.05) is 31.6 Å². The summed E-state index contributed by atoms with van der Waals surface area (Å²) in [5.41, 5.74) is 1.13. The number of halogens is 1. The van der Waals surface area contributed by atoms with Gasteiger partial charge in [0.1, 0.15) is 16.5 Å². The highest BCUT2D eigenvalue weighted by Crippen LogP contribution is 2.26. The summed E-state index contributed by atoms with van der Waals surface area (Å²) < 4.78 is 46.1. The van der Waals surface area contributed by atoms with Gasteiger partial charge >= 0.3 is 0 Å². The summed E-state index contributed by atoms with van der Waals surface area (Å²) in [7, 11) is -2.47. The number of methoxy groups -OCH3 is 1. The molecule has 2 aromatic rings. The van der Waals surface area contributed by atoms with Gasteiger partial charge in [0, 0.05) is 37.7 Å². The highest BCUT2D eigenvalue weighted by Gasteiger charge is 2.24. The normalized spacial score (nSPS) is 15.8. The van der Waals surface area contributed by atoms with Gasteiger partial charge in [0.05, 0.1) is 7.11 Å². The van der Waals surface area contributed by atoms with Gasteiger partial charge in [0.25, 0.3) is 0 Å². The zero-order valence-electron chi connectivity index (χ0n) is 14.6. The summed E-state index contributed by atoms with van der Waals surface area (Å²) in [4.78, 5) is 6.11. The molecule has 1 N–H and O–H groups in total. The average Bonchev–Trinajstić information content (AvgIpc) is 2.67. The number of aromatic nitrogens is 1. The first-order chi connectivity index (χ1) is 12.5. The molecule has 3 rings (SSSR count). The van der Waals surface area contributed by atoms with Crippen LogP contribution < -0.4 is 14.4 Å². The number of hydrogen-bond acceptors (Lipinski definition) is 5. The summed E-state index contributed by atoms with van der Waals surface area (Å²) in [5.74, 6) is -0.245. The van der Waals surface area contributed by atoms with Crippen LogP contribution in [0.15, 0.2) is 47.6 Å². The molecule has 0 radical (unpaired) electrons. The molecule has 2 heterocycles. The number of nitrogens with zero attached hydrogens (tertiary/aromatic N) is 2. The van der Waals surface area contributed by atoms with Gasteiger partial charge in [0.15, 0.2) is 0 Å². The van der Waals surface area contributed by atoms with E-state index >= 15 is 0 Å². The maximum absolute atomic E-state index is 13.5. The Bertz CT molecular complexity index is 838. The Hall–Kier alpha value is -2.19. The Morgan fingerprint density at radius 3 is 2.58 bits per heavy atom. The number of ether oxygens (including phenoxy) is 1. The number of anilines is 1. The Kier molecular flexibility index (Phi) is 5.73. The number of benzene rings is 1. The fourth-order valence-corrected chi connectivity index (χ4v) is 4.41. The second kappa shape index (κ2) is 8.01. The zero-order chi connectivity index (χ0) is 18.6. The van der Waals surface area contributed by atoms with Crippen LogP contribution in [0.4, 0.5) is 10.1 Å². The van der Waals surface area contributed by atoms with Gasteiger partial charge in [-0.2, -0.15) is 0 Å². The first-order valence-corrected chi connectivity index (χ1v) is 9.96. The SMILES string of the molecule is COc1ccc(F)cc1S(=O)(=O)NCC1CCN(c2ccncc2)CC1. The molecular formula is C18H22FN3O3S. The van der Waals surface area contributed by atoms with Crippen LogP contribution in [0.25, 0.3) is 0 Å². The molecule has 1 fully saturated rings. The topological polar surface area (TPSA) is 71.5 Å². The van der Waals surface area contributed by atoms with E-state index in [1.165, 1.54) is 19.2 Å². The van der Waals surface area contributed by atoms with Crippen LogP contribution in [0.3, 0.4) is 0 Å². The number of sulfonamides is 1. The number of rotatable bonds is 6. The van der Waals surface area contributed by atoms with Gasteiger partial charge < -0.3 is 9.64 Å². The molecule has 0 aliphatic carbocycles. The van der Waals surface area contributed by atoms with Crippen molar-refractivity contribution in [1.82, 2.24) is 9.71 Å². The van der Waals surface area contributed by atoms with E-state index in [0.717, 1.165) is 37.7 Å². The van der Waals surface area contributed by atoms with Crippen LogP contribution in [-0.4, -0.2) is 40.1 Å². The standard InChI is InChI=1S/C18H22FN3O3S/c1-25-17-3-2-15(19)12-18(17)26(23,24)21-13-14-6-10-22(11-7-14)16-4-8-20-9-5-16/h2-5,8-9,12,14,21H,6-7,10-11,13H2,1H3. The monoisotopic (exact) mass is 379 g/mol. The van der Waals surface area contributed by atoms with Crippen molar-refractivity contribution < 1.29 is 17.5 Å². The van der Waals surface area contributed by atoms with Crippen molar-refractivity contribution in [1.29, 1.82) is 0 Å². The minimum Gasteiger partial charge on any atom is -0.495 e. The lowest BCUT2D eigenvalue weighted by Gasteiger charge is -2.33. The van der Waals surface area contributed by atoms with E-state index in [1.54, 1.807) is 12.4 Å². The van der Waals surface area contributed by atoms with E-state index in [4.69, 9.17) is 4.74 Å². The highest BCUT2D eigenvalue weighted by molar-refractivity contribution is 7.89. The van der Waals surface area contributed by atoms with Crippen LogP contribution >= 0.6 is 0 Å². The predicted molar refractivity (Wildman–Crippen MR) is 97.3 cm³/mol. The number of pyridine rings is 1. The molecule has 1 saturated heterocycles. The smallest absolute Gasteiger partial charge is 0.244 e. The van der Waals surface area contributed by atoms with Gasteiger partial charge in [-0.1, -0.05) is 0 Å². The molecule has 1 aliphatic heterocycles. The van der Waals surface area contributed by atoms with Crippen molar-refractivity contribution in [3.8, 4) is 5.75 Å². The molecular weight excluding hydrogens is 357 g/mol. The second-order valence-corrected chi connectivity index (χ2v) is 8.02. The molecule has 26 heavy (non-hydrogen) atoms. The fraction of sp³-hybridized carbons (Fsp3) is 0.389. The Labute approximate surface area is 153 Å². The second-order valence-electron chi connectivity index (χ2n) is 6.28. The van der Waals surface area contributed by atoms with E-state index in [1.807, 2.05) is 12.1 Å². The summed E-state index contributed by atoms with van der Waals surface area (Å²) in [6, 6.07) is 7.41. The van der Waals surface area contributed by atoms with Gasteiger partial charge in [-0.3, -0.25) is 4.98 Å². The maximum Gasteiger partial charge on any atom is 0.244 e. The average molecular weight is 379 g/mol. The minimum absolute atomic E-state index is 0.131. The molecule has 1 aromatic heterocycles. The van der Waals surface area contributed by atoms with E-state index in [0.29, 0.717) is 6.54 Å². The molecule has 0 unspecified atom stereocenters. The van der Waals surface area contributed by atoms with Crippen LogP contribution in [-0.2, 0) is 10.0 Å². The summed E-state index contributed by atoms with van der Waals surface area (Å²) in [5, 5.41) is 0. The molecule has 0 amide bonds. The molecule has 1 aliphatic rings. The van der Waals surface area contributed by atoms with Crippen molar-refractivity contribution in [3.05, 3.63) is 48.5 Å². The number of hydrogen-bond donors (Lipinski definition) is 1. The lowest BCUT2D eigenvalue weighted by Crippen LogP contribution is -2.38. The zero-order valence-corrected chi connectivity index (χ0v) is 15.4. The van der Waals surface area contributed by atoms with Crippen molar-refractivity contribution in [2.45, 2.75) is 17.7 Å². The van der Waals surface area contributed by atoms with Crippen LogP contribution in [0, 0.1) is 11.7 Å². The summed E-state index contributed by atoms with van der Waals surface area (Å²) in [6.07, 6.45) is 5.29. The van der Waals surface area contributed by atoms with Gasteiger partial charge in [0.2, 0.25) is 10.0 Å². The fourth-order valence-electron chi connectivity index (χ4n) is 3.12. The van der Waals surface area contributed by atoms with E-state index < -0.39 is 15.8 Å². The Morgan fingerprint density at radius 2 is 1.92 bits per heavy atom. The molecule has 0 atom stereocenters. The maximum atomic E-state index is 13.5. The van der Waals surface area contributed by atoms with Gasteiger partial charge in [-0.25, -0.2) is 17.5 Å². The van der Waals surface area contributed by atoms with Crippen LogP contribution in [0.2, 0.25) is 0 Å². The molecule has 0 bridgehead atoms. The molecule has 1 aromatic carbocycles. The molecule has 8 heteroatoms. The first-order valence-electron chi connectivity index (χ1n) is 8.48. The predicted octanol–water partition coefficient (Wildman–Crippen LogP) is 2.42. The van der Waals surface area contributed by atoms with Gasteiger partial charge in [-0.15, -0.1) is 0 Å². The van der Waals surface area contributed by atoms with Crippen LogP contribution in [0.1, 0.15) is 12.8 Å². The van der Waals surface area contributed by atoms with E-state index in [-0.39, 0.29) is 16.6 Å². The Morgan fingerprint density at radius 1 is 1.23 bits per heavy atom. The largest absolute Gasteiger partial charge is 0.495 e. The number of piperidine rings is 1. The molecule has 0 spiro atoms. The Balaban J connectivity index is 1.59. The van der Waals surface area contributed by atoms with Crippen LogP contribution in [0.5, 0.6) is 5.75 Å². The quantitative estimate of drug-likeness (QED) is 0.835. The lowest BCUT2D eigenvalue weighted by molar-refractivity contribution is 0.394. The first kappa shape index (κ1) is 18.6. The lowest BCUT2D eigenvalue weighted by atomic mass is 9.97. The molecule has 140 valence electrons. The third-order valence-electron chi connectivity index (χ3n) is 4.62. The van der Waals surface area contributed by atoms with Crippen molar-refractivity contribution >= 4 is 15.7 Å². The third kappa shape index (κ3) is 4.31. The number of nitrogens with one attached hydrogen (secondary N) is 1. The van der Waals surface area contributed by atoms with Crippen molar-refractivity contribution in [3.63, 3.8) is 0 Å². The third-order valence-corrected chi connectivity index (χ3v) is 6.06. The summed E-state index contributed by atoms with van der Waals surface area (Å²) in [6.45, 7) is 2.05. The highest BCUT2D eigenvalue weighted by atomic mass is 32.2. The minimum atomic E-state index is -3.83. The van der Waals surface area contributed by atoms with Gasteiger partial charge in [-0.05, 0) is 49.1 Å². The van der Waals surface area contributed by atoms with Crippen molar-refractivity contribution in [2.24, 2.45) is 5.92 Å². The summed E-state index contributed by atoms with van der Waals surface area (Å²) >= 11 is 0. The van der Waals surface area contributed by atoms with E-state index in [9.17, 15) is 12.8 Å². The molecule has 6 nitrogen and oxygen atoms in total.